The van der Waals surface area contributed by atoms with Crippen LogP contribution in [-0.2, 0) is 4.74 Å². The molecule has 0 aromatic heterocycles. The van der Waals surface area contributed by atoms with Crippen molar-refractivity contribution in [1.82, 2.24) is 5.43 Å². The Morgan fingerprint density at radius 3 is 2.75 bits per heavy atom. The summed E-state index contributed by atoms with van der Waals surface area (Å²) < 4.78 is 5.62. The quantitative estimate of drug-likeness (QED) is 0.418. The minimum Gasteiger partial charge on any atom is -0.380 e. The first kappa shape index (κ1) is 14.6. The van der Waals surface area contributed by atoms with E-state index in [9.17, 15) is 0 Å². The molecule has 1 aliphatic heterocycles. The van der Waals surface area contributed by atoms with Crippen molar-refractivity contribution in [3.63, 3.8) is 0 Å². The second kappa shape index (κ2) is 8.64. The lowest BCUT2D eigenvalue weighted by Crippen LogP contribution is -2.50. The molecule has 16 heavy (non-hydrogen) atoms. The predicted octanol–water partition coefficient (Wildman–Crippen LogP) is 1.87. The summed E-state index contributed by atoms with van der Waals surface area (Å²) in [5.41, 5.74) is 2.94. The van der Waals surface area contributed by atoms with Gasteiger partial charge in [-0.25, -0.2) is 0 Å². The second-order valence-electron chi connectivity index (χ2n) is 4.00. The van der Waals surface area contributed by atoms with Crippen LogP contribution in [0.1, 0.15) is 26.7 Å². The Morgan fingerprint density at radius 1 is 1.38 bits per heavy atom. The van der Waals surface area contributed by atoms with Gasteiger partial charge in [-0.2, -0.15) is 23.5 Å². The monoisotopic (exact) mass is 264 g/mol. The van der Waals surface area contributed by atoms with E-state index in [0.717, 1.165) is 19.6 Å². The minimum absolute atomic E-state index is 0.286. The largest absolute Gasteiger partial charge is 0.380 e. The van der Waals surface area contributed by atoms with Gasteiger partial charge in [0.2, 0.25) is 0 Å². The van der Waals surface area contributed by atoms with Crippen LogP contribution in [0.15, 0.2) is 0 Å². The fourth-order valence-electron chi connectivity index (χ4n) is 1.90. The van der Waals surface area contributed by atoms with Crippen molar-refractivity contribution in [2.45, 2.75) is 43.2 Å². The molecular formula is C11H24N2OS2. The van der Waals surface area contributed by atoms with E-state index in [1.165, 1.54) is 17.9 Å². The van der Waals surface area contributed by atoms with Gasteiger partial charge in [-0.15, -0.1) is 0 Å². The molecule has 1 aliphatic rings. The van der Waals surface area contributed by atoms with Crippen molar-refractivity contribution in [2.75, 3.05) is 24.7 Å². The van der Waals surface area contributed by atoms with E-state index >= 15 is 0 Å². The van der Waals surface area contributed by atoms with Gasteiger partial charge in [0.15, 0.2) is 0 Å². The van der Waals surface area contributed by atoms with E-state index in [1.807, 2.05) is 11.8 Å². The van der Waals surface area contributed by atoms with Gasteiger partial charge >= 0.3 is 0 Å². The normalized spacial score (nSPS) is 27.9. The Bertz CT molecular complexity index is 183. The molecule has 3 unspecified atom stereocenters. The van der Waals surface area contributed by atoms with Crippen molar-refractivity contribution >= 4 is 23.5 Å². The van der Waals surface area contributed by atoms with E-state index in [-0.39, 0.29) is 6.04 Å². The van der Waals surface area contributed by atoms with E-state index in [1.54, 1.807) is 0 Å². The zero-order valence-corrected chi connectivity index (χ0v) is 11.9. The van der Waals surface area contributed by atoms with E-state index in [0.29, 0.717) is 10.5 Å². The highest BCUT2D eigenvalue weighted by atomic mass is 32.2. The predicted molar refractivity (Wildman–Crippen MR) is 75.0 cm³/mol. The molecule has 1 fully saturated rings. The number of hydrogen-bond acceptors (Lipinski definition) is 5. The van der Waals surface area contributed by atoms with Crippen LogP contribution in [0.2, 0.25) is 0 Å². The molecule has 0 bridgehead atoms. The summed E-state index contributed by atoms with van der Waals surface area (Å²) in [5.74, 6) is 8.15. The first-order valence-corrected chi connectivity index (χ1v) is 8.20. The Hall–Kier alpha value is 0.580. The van der Waals surface area contributed by atoms with Crippen molar-refractivity contribution in [3.05, 3.63) is 0 Å². The van der Waals surface area contributed by atoms with Crippen LogP contribution in [0.5, 0.6) is 0 Å². The molecule has 1 saturated heterocycles. The summed E-state index contributed by atoms with van der Waals surface area (Å²) in [4.78, 5) is 0. The number of ether oxygens (including phenoxy) is 1. The van der Waals surface area contributed by atoms with Crippen molar-refractivity contribution in [1.29, 1.82) is 0 Å². The maximum Gasteiger partial charge on any atom is 0.0644 e. The van der Waals surface area contributed by atoms with Crippen LogP contribution in [0.25, 0.3) is 0 Å². The molecule has 0 amide bonds. The Kier molecular flexibility index (Phi) is 7.90. The van der Waals surface area contributed by atoms with E-state index < -0.39 is 0 Å². The van der Waals surface area contributed by atoms with Gasteiger partial charge < -0.3 is 4.74 Å². The van der Waals surface area contributed by atoms with Crippen molar-refractivity contribution in [3.8, 4) is 0 Å². The van der Waals surface area contributed by atoms with Gasteiger partial charge in [-0.05, 0) is 12.8 Å². The third-order valence-corrected chi connectivity index (χ3v) is 6.16. The zero-order chi connectivity index (χ0) is 11.8. The van der Waals surface area contributed by atoms with Crippen molar-refractivity contribution < 1.29 is 4.74 Å². The second-order valence-corrected chi connectivity index (χ2v) is 6.63. The van der Waals surface area contributed by atoms with Gasteiger partial charge in [0.05, 0.1) is 12.6 Å². The molecule has 0 spiro atoms. The first-order chi connectivity index (χ1) is 7.83. The number of nitrogens with two attached hydrogens (primary N) is 1. The molecule has 3 nitrogen and oxygen atoms in total. The van der Waals surface area contributed by atoms with Crippen molar-refractivity contribution in [2.24, 2.45) is 5.84 Å². The summed E-state index contributed by atoms with van der Waals surface area (Å²) in [7, 11) is 0. The number of thioether (sulfide) groups is 2. The molecule has 0 aromatic carbocycles. The average molecular weight is 264 g/mol. The van der Waals surface area contributed by atoms with E-state index in [4.69, 9.17) is 10.6 Å². The van der Waals surface area contributed by atoms with Gasteiger partial charge in [-0.3, -0.25) is 11.3 Å². The van der Waals surface area contributed by atoms with Gasteiger partial charge in [-0.1, -0.05) is 13.8 Å². The first-order valence-electron chi connectivity index (χ1n) is 6.10. The van der Waals surface area contributed by atoms with Crippen LogP contribution < -0.4 is 11.3 Å². The number of rotatable bonds is 7. The highest BCUT2D eigenvalue weighted by Gasteiger charge is 2.31. The van der Waals surface area contributed by atoms with Crippen LogP contribution in [0.4, 0.5) is 0 Å². The third-order valence-electron chi connectivity index (χ3n) is 2.75. The fourth-order valence-corrected chi connectivity index (χ4v) is 5.13. The number of nitrogens with one attached hydrogen (secondary N) is 1. The van der Waals surface area contributed by atoms with Gasteiger partial charge in [0.1, 0.15) is 0 Å². The molecule has 96 valence electrons. The number of hydrogen-bond donors (Lipinski definition) is 2. The minimum atomic E-state index is 0.286. The maximum atomic E-state index is 5.65. The molecule has 0 aromatic rings. The summed E-state index contributed by atoms with van der Waals surface area (Å²) in [6.45, 7) is 5.96. The van der Waals surface area contributed by atoms with Crippen LogP contribution in [0, 0.1) is 0 Å². The molecular weight excluding hydrogens is 240 g/mol. The summed E-state index contributed by atoms with van der Waals surface area (Å²) in [6, 6.07) is 0.286. The third kappa shape index (κ3) is 4.45. The highest BCUT2D eigenvalue weighted by Crippen LogP contribution is 2.35. The fraction of sp³-hybridized carbons (Fsp3) is 1.00. The highest BCUT2D eigenvalue weighted by molar-refractivity contribution is 8.07. The SMILES string of the molecule is CCCOCC(NN)C1SCCSC1CC. The average Bonchev–Trinajstić information content (AvgIpc) is 2.35. The molecule has 0 saturated carbocycles. The maximum absolute atomic E-state index is 5.65. The molecule has 3 atom stereocenters. The number of hydrazine groups is 1. The topological polar surface area (TPSA) is 47.3 Å². The lowest BCUT2D eigenvalue weighted by molar-refractivity contribution is 0.110. The van der Waals surface area contributed by atoms with Crippen LogP contribution in [0.3, 0.4) is 0 Å². The zero-order valence-electron chi connectivity index (χ0n) is 10.3. The van der Waals surface area contributed by atoms with E-state index in [2.05, 4.69) is 31.0 Å². The lowest BCUT2D eigenvalue weighted by atomic mass is 10.1. The standard InChI is InChI=1S/C11H24N2OS2/c1-3-5-14-8-9(13-12)11-10(4-2)15-6-7-16-11/h9-11,13H,3-8,12H2,1-2H3. The lowest BCUT2D eigenvalue weighted by Gasteiger charge is -2.35. The van der Waals surface area contributed by atoms with Crippen LogP contribution in [-0.4, -0.2) is 41.3 Å². The molecule has 1 heterocycles. The Balaban J connectivity index is 2.41. The van der Waals surface area contributed by atoms with Crippen LogP contribution >= 0.6 is 23.5 Å². The van der Waals surface area contributed by atoms with Gasteiger partial charge in [0.25, 0.3) is 0 Å². The molecule has 3 N–H and O–H groups in total. The Morgan fingerprint density at radius 2 is 2.12 bits per heavy atom. The summed E-state index contributed by atoms with van der Waals surface area (Å²) in [6.07, 6.45) is 2.29. The van der Waals surface area contributed by atoms with Gasteiger partial charge in [0, 0.05) is 28.6 Å². The molecule has 1 rings (SSSR count). The summed E-state index contributed by atoms with van der Waals surface area (Å²) in [5, 5.41) is 1.30. The summed E-state index contributed by atoms with van der Waals surface area (Å²) >= 11 is 4.13. The molecule has 0 radical (unpaired) electrons. The molecule has 5 heteroatoms. The Labute approximate surface area is 108 Å². The molecule has 0 aliphatic carbocycles. The smallest absolute Gasteiger partial charge is 0.0644 e.